The van der Waals surface area contributed by atoms with E-state index in [1.165, 1.54) is 6.33 Å². The van der Waals surface area contributed by atoms with Gasteiger partial charge in [0.25, 0.3) is 11.7 Å². The van der Waals surface area contributed by atoms with Crippen LogP contribution >= 0.6 is 0 Å². The summed E-state index contributed by atoms with van der Waals surface area (Å²) in [4.78, 5) is 21.3. The lowest BCUT2D eigenvalue weighted by Gasteiger charge is -2.11. The van der Waals surface area contributed by atoms with Crippen molar-refractivity contribution in [1.29, 1.82) is 0 Å². The Morgan fingerprint density at radius 2 is 2.07 bits per heavy atom. The number of methoxy groups -OCH3 is 1. The Morgan fingerprint density at radius 1 is 1.24 bits per heavy atom. The number of aromatic nitrogens is 5. The van der Waals surface area contributed by atoms with Crippen LogP contribution in [0.3, 0.4) is 0 Å². The Labute approximate surface area is 168 Å². The Hall–Kier alpha value is -3.26. The van der Waals surface area contributed by atoms with Crippen LogP contribution in [0.5, 0.6) is 0 Å². The van der Waals surface area contributed by atoms with Crippen LogP contribution < -0.4 is 5.32 Å². The number of aryl methyl sites for hydroxylation is 1. The van der Waals surface area contributed by atoms with Gasteiger partial charge in [0.15, 0.2) is 0 Å². The third-order valence-electron chi connectivity index (χ3n) is 4.99. The second-order valence-electron chi connectivity index (χ2n) is 7.35. The van der Waals surface area contributed by atoms with Crippen molar-refractivity contribution in [3.63, 3.8) is 0 Å². The number of ether oxygens (including phenoxy) is 1. The van der Waals surface area contributed by atoms with Gasteiger partial charge in [-0.1, -0.05) is 13.8 Å². The molecule has 1 aromatic carbocycles. The Bertz CT molecular complexity index is 1190. The van der Waals surface area contributed by atoms with Crippen LogP contribution in [0.15, 0.2) is 36.7 Å². The molecule has 29 heavy (non-hydrogen) atoms. The fourth-order valence-electron chi connectivity index (χ4n) is 3.52. The second-order valence-corrected chi connectivity index (χ2v) is 7.35. The molecule has 8 heteroatoms. The number of amides is 1. The molecule has 4 aromatic rings. The smallest absolute Gasteiger partial charge is 0.274 e. The lowest BCUT2D eigenvalue weighted by molar-refractivity contribution is 0.102. The van der Waals surface area contributed by atoms with E-state index in [1.807, 2.05) is 32.0 Å². The second kappa shape index (κ2) is 7.63. The molecule has 1 N–H and O–H groups in total. The van der Waals surface area contributed by atoms with Gasteiger partial charge < -0.3 is 14.6 Å². The number of nitrogens with zero attached hydrogens (tertiary/aromatic N) is 5. The first-order valence-corrected chi connectivity index (χ1v) is 9.59. The van der Waals surface area contributed by atoms with E-state index in [2.05, 4.69) is 37.9 Å². The third-order valence-corrected chi connectivity index (χ3v) is 4.99. The summed E-state index contributed by atoms with van der Waals surface area (Å²) in [7, 11) is 1.70. The predicted octanol–water partition coefficient (Wildman–Crippen LogP) is 3.41. The van der Waals surface area contributed by atoms with Crippen molar-refractivity contribution in [2.45, 2.75) is 33.2 Å². The minimum absolute atomic E-state index is 0.181. The van der Waals surface area contributed by atoms with Crippen LogP contribution in [0.4, 0.5) is 5.69 Å². The molecule has 3 aromatic heterocycles. The zero-order valence-corrected chi connectivity index (χ0v) is 17.0. The van der Waals surface area contributed by atoms with Gasteiger partial charge in [-0.15, -0.1) is 0 Å². The van der Waals surface area contributed by atoms with Gasteiger partial charge in [-0.2, -0.15) is 10.1 Å². The number of carbonyl (C=O) groups is 1. The summed E-state index contributed by atoms with van der Waals surface area (Å²) in [5.41, 5.74) is 4.20. The monoisotopic (exact) mass is 392 g/mol. The maximum absolute atomic E-state index is 12.9. The molecule has 0 saturated heterocycles. The van der Waals surface area contributed by atoms with Crippen molar-refractivity contribution in [3.8, 4) is 0 Å². The summed E-state index contributed by atoms with van der Waals surface area (Å²) in [5, 5.41) is 8.21. The van der Waals surface area contributed by atoms with Crippen LogP contribution in [0.1, 0.15) is 41.6 Å². The molecule has 0 fully saturated rings. The minimum Gasteiger partial charge on any atom is -0.383 e. The van der Waals surface area contributed by atoms with Crippen molar-refractivity contribution >= 4 is 28.3 Å². The molecule has 0 radical (unpaired) electrons. The average Bonchev–Trinajstić information content (AvgIpc) is 3.28. The molecule has 0 atom stereocenters. The van der Waals surface area contributed by atoms with E-state index >= 15 is 0 Å². The molecule has 0 aliphatic rings. The highest BCUT2D eigenvalue weighted by Crippen LogP contribution is 2.24. The highest BCUT2D eigenvalue weighted by atomic mass is 16.5. The predicted molar refractivity (Wildman–Crippen MR) is 111 cm³/mol. The van der Waals surface area contributed by atoms with Crippen LogP contribution in [0, 0.1) is 6.92 Å². The molecule has 0 bridgehead atoms. The van der Waals surface area contributed by atoms with Crippen molar-refractivity contribution in [2.75, 3.05) is 19.0 Å². The fourth-order valence-corrected chi connectivity index (χ4v) is 3.52. The van der Waals surface area contributed by atoms with E-state index < -0.39 is 0 Å². The molecule has 4 rings (SSSR count). The number of fused-ring (bicyclic) bond motifs is 2. The fraction of sp³-hybridized carbons (Fsp3) is 0.333. The van der Waals surface area contributed by atoms with Gasteiger partial charge >= 0.3 is 0 Å². The largest absolute Gasteiger partial charge is 0.383 e. The van der Waals surface area contributed by atoms with Gasteiger partial charge in [-0.25, -0.2) is 9.50 Å². The standard InChI is InChI=1S/C21H24N6O2/c1-13(2)19-11-17(25-21-22-12-23-27(19)21)20(28)24-16-5-6-18-15(10-16)9-14(3)26(18)7-8-29-4/h5-6,9-13H,7-8H2,1-4H3,(H,24,28). The summed E-state index contributed by atoms with van der Waals surface area (Å²) < 4.78 is 9.07. The number of nitrogens with one attached hydrogen (secondary N) is 1. The first-order chi connectivity index (χ1) is 14.0. The SMILES string of the molecule is COCCn1c(C)cc2cc(NC(=O)c3cc(C(C)C)n4ncnc4n3)ccc21. The molecule has 0 aliphatic heterocycles. The number of benzene rings is 1. The maximum atomic E-state index is 12.9. The molecule has 0 aliphatic carbocycles. The molecule has 0 spiro atoms. The van der Waals surface area contributed by atoms with Crippen LogP contribution in [-0.4, -0.2) is 43.8 Å². The van der Waals surface area contributed by atoms with Crippen LogP contribution in [0.2, 0.25) is 0 Å². The van der Waals surface area contributed by atoms with Crippen molar-refractivity contribution < 1.29 is 9.53 Å². The zero-order valence-electron chi connectivity index (χ0n) is 17.0. The Balaban J connectivity index is 1.63. The van der Waals surface area contributed by atoms with Gasteiger partial charge in [0.1, 0.15) is 12.0 Å². The highest BCUT2D eigenvalue weighted by Gasteiger charge is 2.16. The molecule has 150 valence electrons. The number of carbonyl (C=O) groups excluding carboxylic acids is 1. The van der Waals surface area contributed by atoms with E-state index in [4.69, 9.17) is 4.74 Å². The summed E-state index contributed by atoms with van der Waals surface area (Å²) in [5.74, 6) is 0.329. The van der Waals surface area contributed by atoms with Crippen molar-refractivity contribution in [1.82, 2.24) is 24.1 Å². The molecular weight excluding hydrogens is 368 g/mol. The minimum atomic E-state index is -0.271. The molecule has 3 heterocycles. The zero-order chi connectivity index (χ0) is 20.5. The molecule has 0 saturated carbocycles. The van der Waals surface area contributed by atoms with Crippen molar-refractivity contribution in [2.24, 2.45) is 0 Å². The number of rotatable bonds is 6. The normalized spacial score (nSPS) is 11.6. The first kappa shape index (κ1) is 19.1. The van der Waals surface area contributed by atoms with Gasteiger partial charge in [0.05, 0.1) is 12.3 Å². The van der Waals surface area contributed by atoms with Gasteiger partial charge in [-0.05, 0) is 43.2 Å². The third kappa shape index (κ3) is 3.58. The van der Waals surface area contributed by atoms with E-state index in [0.717, 1.165) is 34.5 Å². The van der Waals surface area contributed by atoms with E-state index in [0.29, 0.717) is 18.1 Å². The van der Waals surface area contributed by atoms with E-state index in [-0.39, 0.29) is 11.8 Å². The first-order valence-electron chi connectivity index (χ1n) is 9.59. The van der Waals surface area contributed by atoms with Crippen molar-refractivity contribution in [3.05, 3.63) is 53.7 Å². The summed E-state index contributed by atoms with van der Waals surface area (Å²) in [6, 6.07) is 9.77. The molecule has 1 amide bonds. The highest BCUT2D eigenvalue weighted by molar-refractivity contribution is 6.04. The Kier molecular flexibility index (Phi) is 5.02. The number of hydrogen-bond acceptors (Lipinski definition) is 5. The maximum Gasteiger partial charge on any atom is 0.274 e. The Morgan fingerprint density at radius 3 is 2.83 bits per heavy atom. The van der Waals surface area contributed by atoms with E-state index in [9.17, 15) is 4.79 Å². The topological polar surface area (TPSA) is 86.3 Å². The van der Waals surface area contributed by atoms with Gasteiger partial charge in [-0.3, -0.25) is 4.79 Å². The average molecular weight is 392 g/mol. The van der Waals surface area contributed by atoms with Gasteiger partial charge in [0, 0.05) is 35.9 Å². The van der Waals surface area contributed by atoms with Crippen LogP contribution in [0.25, 0.3) is 16.7 Å². The number of anilines is 1. The lowest BCUT2D eigenvalue weighted by atomic mass is 10.1. The van der Waals surface area contributed by atoms with Gasteiger partial charge in [0.2, 0.25) is 0 Å². The summed E-state index contributed by atoms with van der Waals surface area (Å²) >= 11 is 0. The molecule has 0 unspecified atom stereocenters. The van der Waals surface area contributed by atoms with E-state index in [1.54, 1.807) is 17.7 Å². The molecule has 8 nitrogen and oxygen atoms in total. The summed E-state index contributed by atoms with van der Waals surface area (Å²) in [6.45, 7) is 7.60. The van der Waals surface area contributed by atoms with Crippen LogP contribution in [-0.2, 0) is 11.3 Å². The molecular formula is C21H24N6O2. The summed E-state index contributed by atoms with van der Waals surface area (Å²) in [6.07, 6.45) is 1.44. The lowest BCUT2D eigenvalue weighted by Crippen LogP contribution is -2.16. The quantitative estimate of drug-likeness (QED) is 0.543. The number of hydrogen-bond donors (Lipinski definition) is 1.